The fourth-order valence-electron chi connectivity index (χ4n) is 3.55. The van der Waals surface area contributed by atoms with Crippen LogP contribution in [-0.4, -0.2) is 31.0 Å². The Labute approximate surface area is 176 Å². The van der Waals surface area contributed by atoms with Gasteiger partial charge >= 0.3 is 0 Å². The van der Waals surface area contributed by atoms with Gasteiger partial charge in [0.25, 0.3) is 0 Å². The zero-order chi connectivity index (χ0) is 19.8. The number of rotatable bonds is 8. The van der Waals surface area contributed by atoms with Gasteiger partial charge in [-0.2, -0.15) is 0 Å². The predicted molar refractivity (Wildman–Crippen MR) is 116 cm³/mol. The number of benzene rings is 2. The fourth-order valence-corrected chi connectivity index (χ4v) is 4.14. The largest absolute Gasteiger partial charge is 0.496 e. The molecule has 1 saturated heterocycles. The van der Waals surface area contributed by atoms with Crippen LogP contribution < -0.4 is 10.1 Å². The van der Waals surface area contributed by atoms with Gasteiger partial charge in [-0.25, -0.2) is 0 Å². The molecule has 4 nitrogen and oxygen atoms in total. The van der Waals surface area contributed by atoms with E-state index in [9.17, 15) is 4.79 Å². The average molecular weight is 445 g/mol. The zero-order valence-corrected chi connectivity index (χ0v) is 18.1. The number of piperidine rings is 1. The van der Waals surface area contributed by atoms with Crippen LogP contribution in [0.5, 0.6) is 5.75 Å². The number of likely N-dealkylation sites (tertiary alicyclic amines) is 1. The molecular formula is C23H29BrN2O2. The summed E-state index contributed by atoms with van der Waals surface area (Å²) in [6, 6.07) is 14.5. The number of hydrogen-bond acceptors (Lipinski definition) is 3. The quantitative estimate of drug-likeness (QED) is 0.641. The molecule has 1 amide bonds. The molecule has 0 bridgehead atoms. The van der Waals surface area contributed by atoms with E-state index in [1.807, 2.05) is 18.2 Å². The molecule has 2 aromatic carbocycles. The first-order chi connectivity index (χ1) is 13.6. The van der Waals surface area contributed by atoms with Gasteiger partial charge in [0.15, 0.2) is 0 Å². The SMILES string of the molecule is COc1ccc(CCC(=O)NCc2ccc(CN3CCCCC3)cc2)cc1Br. The van der Waals surface area contributed by atoms with Crippen molar-refractivity contribution in [2.45, 2.75) is 45.2 Å². The molecule has 0 aromatic heterocycles. The van der Waals surface area contributed by atoms with Crippen LogP contribution >= 0.6 is 15.9 Å². The standard InChI is InChI=1S/C23H29BrN2O2/c1-28-22-11-9-18(15-21(22)24)10-12-23(27)25-16-19-5-7-20(8-6-19)17-26-13-3-2-4-14-26/h5-9,11,15H,2-4,10,12-14,16-17H2,1H3,(H,25,27). The Hall–Kier alpha value is -1.85. The van der Waals surface area contributed by atoms with E-state index in [1.54, 1.807) is 7.11 Å². The third-order valence-electron chi connectivity index (χ3n) is 5.22. The Balaban J connectivity index is 1.40. The summed E-state index contributed by atoms with van der Waals surface area (Å²) in [4.78, 5) is 14.7. The van der Waals surface area contributed by atoms with Gasteiger partial charge in [-0.3, -0.25) is 9.69 Å². The number of carbonyl (C=O) groups excluding carboxylic acids is 1. The first-order valence-electron chi connectivity index (χ1n) is 10.0. The normalized spacial score (nSPS) is 14.6. The maximum atomic E-state index is 12.2. The third kappa shape index (κ3) is 6.35. The van der Waals surface area contributed by atoms with E-state index in [1.165, 1.54) is 37.9 Å². The molecule has 0 saturated carbocycles. The highest BCUT2D eigenvalue weighted by molar-refractivity contribution is 9.10. The van der Waals surface area contributed by atoms with Gasteiger partial charge < -0.3 is 10.1 Å². The summed E-state index contributed by atoms with van der Waals surface area (Å²) < 4.78 is 6.15. The fraction of sp³-hybridized carbons (Fsp3) is 0.435. The molecule has 1 heterocycles. The Morgan fingerprint density at radius 1 is 1.04 bits per heavy atom. The minimum atomic E-state index is 0.0735. The highest BCUT2D eigenvalue weighted by Crippen LogP contribution is 2.26. The highest BCUT2D eigenvalue weighted by atomic mass is 79.9. The molecule has 2 aromatic rings. The van der Waals surface area contributed by atoms with E-state index in [0.717, 1.165) is 27.9 Å². The van der Waals surface area contributed by atoms with E-state index < -0.39 is 0 Å². The minimum Gasteiger partial charge on any atom is -0.496 e. The van der Waals surface area contributed by atoms with Crippen LogP contribution in [-0.2, 0) is 24.3 Å². The van der Waals surface area contributed by atoms with E-state index in [0.29, 0.717) is 19.4 Å². The van der Waals surface area contributed by atoms with Crippen molar-refractivity contribution in [3.8, 4) is 5.75 Å². The second-order valence-corrected chi connectivity index (χ2v) is 8.25. The summed E-state index contributed by atoms with van der Waals surface area (Å²) in [6.07, 6.45) is 5.19. The number of methoxy groups -OCH3 is 1. The third-order valence-corrected chi connectivity index (χ3v) is 5.84. The second-order valence-electron chi connectivity index (χ2n) is 7.40. The van der Waals surface area contributed by atoms with Crippen LogP contribution in [0.2, 0.25) is 0 Å². The van der Waals surface area contributed by atoms with Gasteiger partial charge in [-0.05, 0) is 77.1 Å². The van der Waals surface area contributed by atoms with Crippen LogP contribution in [0.15, 0.2) is 46.9 Å². The van der Waals surface area contributed by atoms with Gasteiger partial charge in [0.05, 0.1) is 11.6 Å². The van der Waals surface area contributed by atoms with Gasteiger partial charge in [0.2, 0.25) is 5.91 Å². The molecule has 3 rings (SSSR count). The molecule has 1 aliphatic heterocycles. The Kier molecular flexibility index (Phi) is 7.92. The number of ether oxygens (including phenoxy) is 1. The first kappa shape index (κ1) is 20.9. The van der Waals surface area contributed by atoms with Crippen molar-refractivity contribution >= 4 is 21.8 Å². The lowest BCUT2D eigenvalue weighted by molar-refractivity contribution is -0.121. The second kappa shape index (κ2) is 10.6. The lowest BCUT2D eigenvalue weighted by atomic mass is 10.1. The van der Waals surface area contributed by atoms with Crippen molar-refractivity contribution in [2.24, 2.45) is 0 Å². The predicted octanol–water partition coefficient (Wildman–Crippen LogP) is 4.69. The van der Waals surface area contributed by atoms with Crippen LogP contribution in [0.1, 0.15) is 42.4 Å². The molecule has 0 spiro atoms. The van der Waals surface area contributed by atoms with Crippen LogP contribution in [0.25, 0.3) is 0 Å². The summed E-state index contributed by atoms with van der Waals surface area (Å²) in [6.45, 7) is 4.03. The van der Waals surface area contributed by atoms with E-state index in [4.69, 9.17) is 4.74 Å². The lowest BCUT2D eigenvalue weighted by Crippen LogP contribution is -2.29. The number of hydrogen-bond donors (Lipinski definition) is 1. The number of carbonyl (C=O) groups is 1. The lowest BCUT2D eigenvalue weighted by Gasteiger charge is -2.26. The number of nitrogens with zero attached hydrogens (tertiary/aromatic N) is 1. The Bertz CT molecular complexity index is 771. The summed E-state index contributed by atoms with van der Waals surface area (Å²) in [7, 11) is 1.65. The van der Waals surface area contributed by atoms with Crippen molar-refractivity contribution in [1.29, 1.82) is 0 Å². The Morgan fingerprint density at radius 3 is 2.39 bits per heavy atom. The molecule has 0 atom stereocenters. The highest BCUT2D eigenvalue weighted by Gasteiger charge is 2.10. The molecule has 1 aliphatic rings. The van der Waals surface area contributed by atoms with Crippen LogP contribution in [0, 0.1) is 0 Å². The molecule has 5 heteroatoms. The smallest absolute Gasteiger partial charge is 0.220 e. The number of halogens is 1. The van der Waals surface area contributed by atoms with Gasteiger partial charge in [-0.1, -0.05) is 36.8 Å². The summed E-state index contributed by atoms with van der Waals surface area (Å²) in [5, 5.41) is 3.02. The summed E-state index contributed by atoms with van der Waals surface area (Å²) in [5.41, 5.74) is 3.61. The van der Waals surface area contributed by atoms with Crippen molar-refractivity contribution in [3.05, 3.63) is 63.6 Å². The molecule has 150 valence electrons. The van der Waals surface area contributed by atoms with E-state index >= 15 is 0 Å². The number of aryl methyl sites for hydroxylation is 1. The minimum absolute atomic E-state index is 0.0735. The molecule has 28 heavy (non-hydrogen) atoms. The van der Waals surface area contributed by atoms with Crippen molar-refractivity contribution in [2.75, 3.05) is 20.2 Å². The summed E-state index contributed by atoms with van der Waals surface area (Å²) >= 11 is 3.48. The van der Waals surface area contributed by atoms with Crippen molar-refractivity contribution in [3.63, 3.8) is 0 Å². The van der Waals surface area contributed by atoms with E-state index in [-0.39, 0.29) is 5.91 Å². The number of amides is 1. The van der Waals surface area contributed by atoms with Crippen LogP contribution in [0.3, 0.4) is 0 Å². The molecular weight excluding hydrogens is 416 g/mol. The topological polar surface area (TPSA) is 41.6 Å². The van der Waals surface area contributed by atoms with E-state index in [2.05, 4.69) is 50.4 Å². The molecule has 0 radical (unpaired) electrons. The Morgan fingerprint density at radius 2 is 1.71 bits per heavy atom. The van der Waals surface area contributed by atoms with Gasteiger partial charge in [0, 0.05) is 19.5 Å². The maximum Gasteiger partial charge on any atom is 0.220 e. The molecule has 0 unspecified atom stereocenters. The number of nitrogens with one attached hydrogen (secondary N) is 1. The average Bonchev–Trinajstić information content (AvgIpc) is 2.72. The van der Waals surface area contributed by atoms with Crippen molar-refractivity contribution < 1.29 is 9.53 Å². The van der Waals surface area contributed by atoms with Gasteiger partial charge in [-0.15, -0.1) is 0 Å². The monoisotopic (exact) mass is 444 g/mol. The molecule has 1 N–H and O–H groups in total. The van der Waals surface area contributed by atoms with Crippen molar-refractivity contribution in [1.82, 2.24) is 10.2 Å². The van der Waals surface area contributed by atoms with Gasteiger partial charge in [0.1, 0.15) is 5.75 Å². The maximum absolute atomic E-state index is 12.2. The molecule has 0 aliphatic carbocycles. The summed E-state index contributed by atoms with van der Waals surface area (Å²) in [5.74, 6) is 0.876. The van der Waals surface area contributed by atoms with Crippen LogP contribution in [0.4, 0.5) is 0 Å². The first-order valence-corrected chi connectivity index (χ1v) is 10.8. The zero-order valence-electron chi connectivity index (χ0n) is 16.5. The molecule has 1 fully saturated rings.